The molecule has 0 N–H and O–H groups in total. The van der Waals surface area contributed by atoms with Crippen LogP contribution in [0.2, 0.25) is 0 Å². The third kappa shape index (κ3) is 3.02. The van der Waals surface area contributed by atoms with E-state index in [-0.39, 0.29) is 0 Å². The number of benzene rings is 4. The van der Waals surface area contributed by atoms with Crippen LogP contribution >= 0.6 is 0 Å². The summed E-state index contributed by atoms with van der Waals surface area (Å²) in [4.78, 5) is 0. The number of hydrogen-bond acceptors (Lipinski definition) is 2. The first-order chi connectivity index (χ1) is 16.6. The Bertz CT molecular complexity index is 1710. The molecule has 0 amide bonds. The van der Waals surface area contributed by atoms with E-state index in [1.165, 1.54) is 49.5 Å². The molecule has 2 heteroatoms. The molecule has 0 fully saturated rings. The van der Waals surface area contributed by atoms with Gasteiger partial charge in [0.15, 0.2) is 0 Å². The predicted molar refractivity (Wildman–Crippen MR) is 140 cm³/mol. The lowest BCUT2D eigenvalue weighted by Gasteiger charge is -2.23. The van der Waals surface area contributed by atoms with E-state index < -0.39 is 0 Å². The Labute approximate surface area is 198 Å². The van der Waals surface area contributed by atoms with Crippen molar-refractivity contribution in [3.8, 4) is 11.1 Å². The summed E-state index contributed by atoms with van der Waals surface area (Å²) in [6.07, 6.45) is 3.01. The Hall–Kier alpha value is -3.78. The molecule has 0 saturated carbocycles. The molecule has 166 valence electrons. The van der Waals surface area contributed by atoms with Crippen molar-refractivity contribution in [1.82, 2.24) is 0 Å². The largest absolute Gasteiger partial charge is 0.461 e. The highest BCUT2D eigenvalue weighted by atomic mass is 16.3. The summed E-state index contributed by atoms with van der Waals surface area (Å²) in [6, 6.07) is 28.4. The normalized spacial score (nSPS) is 15.9. The fourth-order valence-electron chi connectivity index (χ4n) is 5.81. The Morgan fingerprint density at radius 1 is 0.676 bits per heavy atom. The van der Waals surface area contributed by atoms with Crippen LogP contribution in [0.4, 0.5) is 0 Å². The summed E-state index contributed by atoms with van der Waals surface area (Å²) in [5.74, 6) is 1.55. The average Bonchev–Trinajstić information content (AvgIpc) is 3.41. The molecule has 1 aliphatic rings. The van der Waals surface area contributed by atoms with Crippen LogP contribution in [-0.2, 0) is 12.8 Å². The van der Waals surface area contributed by atoms with E-state index in [2.05, 4.69) is 92.7 Å². The number of para-hydroxylation sites is 1. The third-order valence-electron chi connectivity index (χ3n) is 7.50. The van der Waals surface area contributed by atoms with Crippen LogP contribution in [0.15, 0.2) is 87.7 Å². The summed E-state index contributed by atoms with van der Waals surface area (Å²) in [5, 5.41) is 3.67. The van der Waals surface area contributed by atoms with Crippen LogP contribution in [0.25, 0.3) is 44.0 Å². The van der Waals surface area contributed by atoms with Crippen LogP contribution in [0, 0.1) is 13.8 Å². The van der Waals surface area contributed by atoms with Crippen molar-refractivity contribution in [3.63, 3.8) is 0 Å². The van der Waals surface area contributed by atoms with E-state index in [0.717, 1.165) is 41.8 Å². The van der Waals surface area contributed by atoms with Gasteiger partial charge in [0, 0.05) is 28.1 Å². The number of fused-ring (bicyclic) bond motifs is 6. The van der Waals surface area contributed by atoms with Crippen molar-refractivity contribution >= 4 is 32.9 Å². The number of hydrogen-bond donors (Lipinski definition) is 0. The lowest BCUT2D eigenvalue weighted by atomic mass is 9.80. The molecule has 1 atom stereocenters. The predicted octanol–water partition coefficient (Wildman–Crippen LogP) is 8.89. The fraction of sp³-hybridized carbons (Fsp3) is 0.188. The summed E-state index contributed by atoms with van der Waals surface area (Å²) in [7, 11) is 0. The molecule has 2 nitrogen and oxygen atoms in total. The topological polar surface area (TPSA) is 26.3 Å². The van der Waals surface area contributed by atoms with E-state index >= 15 is 0 Å². The molecule has 1 aliphatic carbocycles. The van der Waals surface area contributed by atoms with Gasteiger partial charge in [-0.1, -0.05) is 59.7 Å². The number of rotatable bonds is 2. The van der Waals surface area contributed by atoms with Gasteiger partial charge in [-0.15, -0.1) is 0 Å². The second kappa shape index (κ2) is 7.36. The second-order valence-electron chi connectivity index (χ2n) is 9.85. The quantitative estimate of drug-likeness (QED) is 0.268. The first-order valence-electron chi connectivity index (χ1n) is 12.2. The van der Waals surface area contributed by atoms with Crippen LogP contribution in [0.5, 0.6) is 0 Å². The number of aryl methyl sites for hydroxylation is 3. The van der Waals surface area contributed by atoms with Crippen molar-refractivity contribution < 1.29 is 8.83 Å². The standard InChI is InChI=1S/C32H26O2/c1-19-6-5-7-21(14-19)23-17-25(32-28(18-23)24-8-3-4-9-29(24)34-32)22-11-13-31-27(16-22)26-15-20(2)10-12-30(26)33-31/h3-10,12,14-15,17-18,22H,11,13,16H2,1-2H3. The molecule has 0 spiro atoms. The molecule has 2 heterocycles. The smallest absolute Gasteiger partial charge is 0.138 e. The zero-order valence-electron chi connectivity index (χ0n) is 19.5. The van der Waals surface area contributed by atoms with Crippen molar-refractivity contribution in [3.05, 3.63) is 107 Å². The SMILES string of the molecule is Cc1cccc(-c2cc(C3CCc4oc5ccc(C)cc5c4C3)c3oc4ccccc4c3c2)c1. The molecule has 2 aromatic heterocycles. The highest BCUT2D eigenvalue weighted by molar-refractivity contribution is 6.07. The minimum Gasteiger partial charge on any atom is -0.461 e. The zero-order chi connectivity index (χ0) is 22.8. The zero-order valence-corrected chi connectivity index (χ0v) is 19.5. The van der Waals surface area contributed by atoms with E-state index in [0.29, 0.717) is 5.92 Å². The molecule has 1 unspecified atom stereocenters. The maximum Gasteiger partial charge on any atom is 0.138 e. The Morgan fingerprint density at radius 2 is 1.53 bits per heavy atom. The minimum absolute atomic E-state index is 0.390. The summed E-state index contributed by atoms with van der Waals surface area (Å²) in [6.45, 7) is 4.31. The Balaban J connectivity index is 1.44. The van der Waals surface area contributed by atoms with Gasteiger partial charge in [0.05, 0.1) is 0 Å². The monoisotopic (exact) mass is 442 g/mol. The van der Waals surface area contributed by atoms with Gasteiger partial charge >= 0.3 is 0 Å². The second-order valence-corrected chi connectivity index (χ2v) is 9.85. The van der Waals surface area contributed by atoms with Gasteiger partial charge in [0.2, 0.25) is 0 Å². The Kier molecular flexibility index (Phi) is 4.26. The molecule has 0 radical (unpaired) electrons. The van der Waals surface area contributed by atoms with E-state index in [1.807, 2.05) is 0 Å². The summed E-state index contributed by atoms with van der Waals surface area (Å²) in [5.41, 5.74) is 10.8. The first kappa shape index (κ1) is 19.7. The van der Waals surface area contributed by atoms with Gasteiger partial charge in [0.25, 0.3) is 0 Å². The van der Waals surface area contributed by atoms with Crippen LogP contribution < -0.4 is 0 Å². The van der Waals surface area contributed by atoms with Crippen LogP contribution in [0.1, 0.15) is 40.4 Å². The fourth-order valence-corrected chi connectivity index (χ4v) is 5.81. The van der Waals surface area contributed by atoms with Gasteiger partial charge in [-0.2, -0.15) is 0 Å². The molecule has 4 aromatic carbocycles. The van der Waals surface area contributed by atoms with Gasteiger partial charge in [-0.3, -0.25) is 0 Å². The van der Waals surface area contributed by atoms with Crippen LogP contribution in [-0.4, -0.2) is 0 Å². The van der Waals surface area contributed by atoms with E-state index in [9.17, 15) is 0 Å². The van der Waals surface area contributed by atoms with Gasteiger partial charge in [0.1, 0.15) is 22.5 Å². The van der Waals surface area contributed by atoms with Crippen molar-refractivity contribution in [2.75, 3.05) is 0 Å². The van der Waals surface area contributed by atoms with E-state index in [1.54, 1.807) is 0 Å². The minimum atomic E-state index is 0.390. The van der Waals surface area contributed by atoms with Gasteiger partial charge < -0.3 is 8.83 Å². The van der Waals surface area contributed by atoms with Crippen molar-refractivity contribution in [1.29, 1.82) is 0 Å². The molecule has 0 bridgehead atoms. The number of furan rings is 2. The van der Waals surface area contributed by atoms with Gasteiger partial charge in [-0.05, 0) is 79.6 Å². The van der Waals surface area contributed by atoms with Crippen LogP contribution in [0.3, 0.4) is 0 Å². The summed E-state index contributed by atoms with van der Waals surface area (Å²) < 4.78 is 12.8. The first-order valence-corrected chi connectivity index (χ1v) is 12.2. The van der Waals surface area contributed by atoms with Gasteiger partial charge in [-0.25, -0.2) is 0 Å². The maximum absolute atomic E-state index is 6.50. The lowest BCUT2D eigenvalue weighted by Crippen LogP contribution is -2.11. The Morgan fingerprint density at radius 3 is 2.44 bits per heavy atom. The van der Waals surface area contributed by atoms with Crippen molar-refractivity contribution in [2.24, 2.45) is 0 Å². The molecular weight excluding hydrogens is 416 g/mol. The molecule has 34 heavy (non-hydrogen) atoms. The molecular formula is C32H26O2. The molecule has 7 rings (SSSR count). The summed E-state index contributed by atoms with van der Waals surface area (Å²) >= 11 is 0. The highest BCUT2D eigenvalue weighted by Crippen LogP contribution is 2.44. The average molecular weight is 443 g/mol. The van der Waals surface area contributed by atoms with E-state index in [4.69, 9.17) is 8.83 Å². The lowest BCUT2D eigenvalue weighted by molar-refractivity contribution is 0.477. The third-order valence-corrected chi connectivity index (χ3v) is 7.50. The highest BCUT2D eigenvalue weighted by Gasteiger charge is 2.28. The molecule has 6 aromatic rings. The maximum atomic E-state index is 6.50. The molecule has 0 saturated heterocycles. The molecule has 0 aliphatic heterocycles. The van der Waals surface area contributed by atoms with Crippen molar-refractivity contribution in [2.45, 2.75) is 39.0 Å².